The first-order chi connectivity index (χ1) is 8.40. The summed E-state index contributed by atoms with van der Waals surface area (Å²) in [5, 5.41) is 3.19. The molecule has 4 nitrogen and oxygen atoms in total. The molecule has 1 heterocycles. The topological polar surface area (TPSA) is 41.6 Å². The second-order valence-corrected chi connectivity index (χ2v) is 4.40. The molecule has 1 amide bonds. The number of nitrogens with one attached hydrogen (secondary N) is 1. The zero-order valence-corrected chi connectivity index (χ0v) is 10.4. The van der Waals surface area contributed by atoms with Crippen LogP contribution in [0.4, 0.5) is 13.2 Å². The van der Waals surface area contributed by atoms with Crippen LogP contribution in [0, 0.1) is 0 Å². The van der Waals surface area contributed by atoms with Gasteiger partial charge >= 0.3 is 6.18 Å². The van der Waals surface area contributed by atoms with Gasteiger partial charge in [-0.05, 0) is 25.9 Å². The third kappa shape index (κ3) is 5.68. The molecule has 0 radical (unpaired) electrons. The fourth-order valence-electron chi connectivity index (χ4n) is 1.92. The van der Waals surface area contributed by atoms with Crippen LogP contribution in [0.2, 0.25) is 0 Å². The van der Waals surface area contributed by atoms with Gasteiger partial charge in [0.25, 0.3) is 0 Å². The number of alkyl halides is 3. The van der Waals surface area contributed by atoms with Crippen LogP contribution in [0.1, 0.15) is 19.3 Å². The molecule has 0 bridgehead atoms. The number of carbonyl (C=O) groups excluding carboxylic acids is 1. The van der Waals surface area contributed by atoms with E-state index in [9.17, 15) is 18.0 Å². The highest BCUT2D eigenvalue weighted by Crippen LogP contribution is 2.15. The molecule has 0 spiro atoms. The molecule has 18 heavy (non-hydrogen) atoms. The summed E-state index contributed by atoms with van der Waals surface area (Å²) in [5.41, 5.74) is 0. The Hall–Kier alpha value is -0.820. The van der Waals surface area contributed by atoms with E-state index in [2.05, 4.69) is 10.1 Å². The molecule has 7 heteroatoms. The van der Waals surface area contributed by atoms with Crippen LogP contribution >= 0.6 is 0 Å². The predicted octanol–water partition coefficient (Wildman–Crippen LogP) is 1.17. The quantitative estimate of drug-likeness (QED) is 0.761. The SMILES string of the molecule is CN(C(=O)CCOCC(F)(F)F)C1CCNCC1. The minimum atomic E-state index is -4.33. The van der Waals surface area contributed by atoms with E-state index in [1.165, 1.54) is 0 Å². The number of piperidine rings is 1. The van der Waals surface area contributed by atoms with Crippen molar-refractivity contribution in [3.63, 3.8) is 0 Å². The highest BCUT2D eigenvalue weighted by atomic mass is 19.4. The number of rotatable bonds is 5. The van der Waals surface area contributed by atoms with Crippen molar-refractivity contribution in [2.24, 2.45) is 0 Å². The molecular formula is C11H19F3N2O2. The van der Waals surface area contributed by atoms with Gasteiger partial charge in [0.15, 0.2) is 0 Å². The molecular weight excluding hydrogens is 249 g/mol. The van der Waals surface area contributed by atoms with Crippen LogP contribution in [-0.2, 0) is 9.53 Å². The van der Waals surface area contributed by atoms with Crippen molar-refractivity contribution >= 4 is 5.91 Å². The number of nitrogens with zero attached hydrogens (tertiary/aromatic N) is 1. The molecule has 1 aliphatic rings. The summed E-state index contributed by atoms with van der Waals surface area (Å²) in [5.74, 6) is -0.163. The van der Waals surface area contributed by atoms with Crippen molar-refractivity contribution < 1.29 is 22.7 Å². The molecule has 0 aromatic rings. The molecule has 0 aromatic heterocycles. The smallest absolute Gasteiger partial charge is 0.372 e. The number of ether oxygens (including phenoxy) is 1. The monoisotopic (exact) mass is 268 g/mol. The Morgan fingerprint density at radius 2 is 2.00 bits per heavy atom. The lowest BCUT2D eigenvalue weighted by Gasteiger charge is -2.31. The summed E-state index contributed by atoms with van der Waals surface area (Å²) in [7, 11) is 1.70. The van der Waals surface area contributed by atoms with Gasteiger partial charge in [-0.3, -0.25) is 4.79 Å². The molecule has 1 rings (SSSR count). The number of amides is 1. The van der Waals surface area contributed by atoms with Crippen molar-refractivity contribution in [1.29, 1.82) is 0 Å². The number of carbonyl (C=O) groups is 1. The maximum Gasteiger partial charge on any atom is 0.411 e. The van der Waals surface area contributed by atoms with E-state index in [4.69, 9.17) is 0 Å². The summed E-state index contributed by atoms with van der Waals surface area (Å²) in [4.78, 5) is 13.3. The molecule has 0 aliphatic carbocycles. The Kier molecular flexibility index (Phi) is 5.87. The highest BCUT2D eigenvalue weighted by Gasteiger charge is 2.27. The van der Waals surface area contributed by atoms with Crippen LogP contribution < -0.4 is 5.32 Å². The molecule has 0 unspecified atom stereocenters. The average molecular weight is 268 g/mol. The zero-order chi connectivity index (χ0) is 13.6. The maximum absolute atomic E-state index is 11.8. The van der Waals surface area contributed by atoms with E-state index in [-0.39, 0.29) is 25.0 Å². The van der Waals surface area contributed by atoms with E-state index in [0.29, 0.717) is 0 Å². The lowest BCUT2D eigenvalue weighted by Crippen LogP contribution is -2.44. The predicted molar refractivity (Wildman–Crippen MR) is 60.2 cm³/mol. The van der Waals surface area contributed by atoms with Crippen molar-refractivity contribution in [3.05, 3.63) is 0 Å². The molecule has 0 aromatic carbocycles. The van der Waals surface area contributed by atoms with Gasteiger partial charge in [-0.1, -0.05) is 0 Å². The second kappa shape index (κ2) is 6.94. The van der Waals surface area contributed by atoms with Crippen molar-refractivity contribution in [1.82, 2.24) is 10.2 Å². The van der Waals surface area contributed by atoms with Crippen LogP contribution in [-0.4, -0.2) is 56.4 Å². The lowest BCUT2D eigenvalue weighted by molar-refractivity contribution is -0.175. The summed E-state index contributed by atoms with van der Waals surface area (Å²) in [6.45, 7) is 0.255. The normalized spacial score (nSPS) is 17.8. The van der Waals surface area contributed by atoms with Gasteiger partial charge in [0, 0.05) is 13.1 Å². The first-order valence-corrected chi connectivity index (χ1v) is 6.01. The molecule has 0 saturated carbocycles. The molecule has 1 aliphatic heterocycles. The van der Waals surface area contributed by atoms with Gasteiger partial charge in [0.05, 0.1) is 13.0 Å². The fraction of sp³-hybridized carbons (Fsp3) is 0.909. The Balaban J connectivity index is 2.19. The minimum Gasteiger partial charge on any atom is -0.372 e. The third-order valence-electron chi connectivity index (χ3n) is 2.98. The first kappa shape index (κ1) is 15.2. The van der Waals surface area contributed by atoms with Crippen LogP contribution in [0.3, 0.4) is 0 Å². The van der Waals surface area contributed by atoms with Crippen molar-refractivity contribution in [2.45, 2.75) is 31.5 Å². The second-order valence-electron chi connectivity index (χ2n) is 4.40. The lowest BCUT2D eigenvalue weighted by atomic mass is 10.1. The number of hydrogen-bond donors (Lipinski definition) is 1. The summed E-state index contributed by atoms with van der Waals surface area (Å²) >= 11 is 0. The molecule has 106 valence electrons. The van der Waals surface area contributed by atoms with Gasteiger partial charge in [-0.15, -0.1) is 0 Å². The van der Waals surface area contributed by atoms with Crippen LogP contribution in [0.15, 0.2) is 0 Å². The van der Waals surface area contributed by atoms with E-state index in [1.54, 1.807) is 11.9 Å². The van der Waals surface area contributed by atoms with Crippen LogP contribution in [0.5, 0.6) is 0 Å². The van der Waals surface area contributed by atoms with Gasteiger partial charge in [0.1, 0.15) is 6.61 Å². The Morgan fingerprint density at radius 3 is 2.56 bits per heavy atom. The van der Waals surface area contributed by atoms with E-state index >= 15 is 0 Å². The summed E-state index contributed by atoms with van der Waals surface area (Å²) in [6.07, 6.45) is -2.57. The Bertz CT molecular complexity index is 266. The molecule has 1 N–H and O–H groups in total. The number of hydrogen-bond acceptors (Lipinski definition) is 3. The van der Waals surface area contributed by atoms with Gasteiger partial charge in [-0.25, -0.2) is 0 Å². The maximum atomic E-state index is 11.8. The Labute approximate surface area is 104 Å². The summed E-state index contributed by atoms with van der Waals surface area (Å²) < 4.78 is 39.8. The van der Waals surface area contributed by atoms with Gasteiger partial charge < -0.3 is 15.0 Å². The minimum absolute atomic E-state index is 0.00346. The largest absolute Gasteiger partial charge is 0.411 e. The van der Waals surface area contributed by atoms with Crippen LogP contribution in [0.25, 0.3) is 0 Å². The number of halogens is 3. The Morgan fingerprint density at radius 1 is 1.39 bits per heavy atom. The van der Waals surface area contributed by atoms with E-state index < -0.39 is 12.8 Å². The molecule has 1 fully saturated rings. The first-order valence-electron chi connectivity index (χ1n) is 6.01. The third-order valence-corrected chi connectivity index (χ3v) is 2.98. The van der Waals surface area contributed by atoms with Crippen molar-refractivity contribution in [3.8, 4) is 0 Å². The fourth-order valence-corrected chi connectivity index (χ4v) is 1.92. The van der Waals surface area contributed by atoms with E-state index in [0.717, 1.165) is 25.9 Å². The molecule has 0 atom stereocenters. The summed E-state index contributed by atoms with van der Waals surface area (Å²) in [6, 6.07) is 0.182. The zero-order valence-electron chi connectivity index (χ0n) is 10.4. The van der Waals surface area contributed by atoms with E-state index in [1.807, 2.05) is 0 Å². The van der Waals surface area contributed by atoms with Gasteiger partial charge in [-0.2, -0.15) is 13.2 Å². The van der Waals surface area contributed by atoms with Gasteiger partial charge in [0.2, 0.25) is 5.91 Å². The molecule has 1 saturated heterocycles. The van der Waals surface area contributed by atoms with Crippen molar-refractivity contribution in [2.75, 3.05) is 33.4 Å². The standard InChI is InChI=1S/C11H19F3N2O2/c1-16(9-2-5-15-6-3-9)10(17)4-7-18-8-11(12,13)14/h9,15H,2-8H2,1H3. The highest BCUT2D eigenvalue weighted by molar-refractivity contribution is 5.76. The average Bonchev–Trinajstić information content (AvgIpc) is 2.33.